The minimum absolute atomic E-state index is 0.0504. The summed E-state index contributed by atoms with van der Waals surface area (Å²) in [7, 11) is 0. The van der Waals surface area contributed by atoms with Crippen molar-refractivity contribution in [2.24, 2.45) is 5.92 Å². The molecule has 1 aromatic rings. The number of amides is 1. The third kappa shape index (κ3) is 4.62. The van der Waals surface area contributed by atoms with E-state index in [1.165, 1.54) is 12.8 Å². The molecular weight excluding hydrogens is 252 g/mol. The lowest BCUT2D eigenvalue weighted by Crippen LogP contribution is -2.38. The number of aliphatic hydroxyl groups is 1. The van der Waals surface area contributed by atoms with Crippen LogP contribution >= 0.6 is 0 Å². The number of likely N-dealkylation sites (tertiary alicyclic amines) is 1. The van der Waals surface area contributed by atoms with Crippen molar-refractivity contribution in [1.82, 2.24) is 4.90 Å². The molecule has 1 saturated heterocycles. The lowest BCUT2D eigenvalue weighted by atomic mass is 9.99. The third-order valence-corrected chi connectivity index (χ3v) is 3.88. The Kier molecular flexibility index (Phi) is 5.56. The van der Waals surface area contributed by atoms with Gasteiger partial charge < -0.3 is 10.4 Å². The van der Waals surface area contributed by atoms with Gasteiger partial charge in [-0.1, -0.05) is 19.1 Å². The highest BCUT2D eigenvalue weighted by Crippen LogP contribution is 2.16. The average Bonchev–Trinajstić information content (AvgIpc) is 2.44. The number of aliphatic hydroxyl groups excluding tert-OH is 1. The van der Waals surface area contributed by atoms with Crippen LogP contribution in [0, 0.1) is 5.92 Å². The maximum Gasteiger partial charge on any atom is 0.238 e. The van der Waals surface area contributed by atoms with E-state index in [0.29, 0.717) is 13.0 Å². The third-order valence-electron chi connectivity index (χ3n) is 3.88. The highest BCUT2D eigenvalue weighted by atomic mass is 16.2. The first-order valence-electron chi connectivity index (χ1n) is 7.39. The Labute approximate surface area is 120 Å². The summed E-state index contributed by atoms with van der Waals surface area (Å²) in [6.45, 7) is 4.93. The summed E-state index contributed by atoms with van der Waals surface area (Å²) < 4.78 is 0. The van der Waals surface area contributed by atoms with Crippen LogP contribution in [0.4, 0.5) is 5.69 Å². The highest BCUT2D eigenvalue weighted by molar-refractivity contribution is 5.92. The lowest BCUT2D eigenvalue weighted by molar-refractivity contribution is -0.117. The van der Waals surface area contributed by atoms with Crippen LogP contribution in [0.15, 0.2) is 24.3 Å². The van der Waals surface area contributed by atoms with Crippen LogP contribution in [0.3, 0.4) is 0 Å². The minimum atomic E-state index is 0.0504. The van der Waals surface area contributed by atoms with Crippen LogP contribution in [0.1, 0.15) is 25.3 Å². The second kappa shape index (κ2) is 7.41. The average molecular weight is 276 g/mol. The zero-order chi connectivity index (χ0) is 14.4. The Hall–Kier alpha value is -1.39. The van der Waals surface area contributed by atoms with Crippen molar-refractivity contribution in [3.05, 3.63) is 29.8 Å². The van der Waals surface area contributed by atoms with Crippen molar-refractivity contribution < 1.29 is 9.90 Å². The van der Waals surface area contributed by atoms with Gasteiger partial charge in [-0.25, -0.2) is 0 Å². The molecule has 20 heavy (non-hydrogen) atoms. The van der Waals surface area contributed by atoms with Gasteiger partial charge in [0.1, 0.15) is 0 Å². The molecule has 1 amide bonds. The van der Waals surface area contributed by atoms with Crippen molar-refractivity contribution in [2.75, 3.05) is 31.6 Å². The quantitative estimate of drug-likeness (QED) is 0.863. The van der Waals surface area contributed by atoms with E-state index in [4.69, 9.17) is 5.11 Å². The van der Waals surface area contributed by atoms with Gasteiger partial charge in [0, 0.05) is 12.3 Å². The van der Waals surface area contributed by atoms with Crippen molar-refractivity contribution in [1.29, 1.82) is 0 Å². The van der Waals surface area contributed by atoms with E-state index in [0.717, 1.165) is 30.3 Å². The minimum Gasteiger partial charge on any atom is -0.396 e. The van der Waals surface area contributed by atoms with Crippen LogP contribution in [-0.2, 0) is 11.2 Å². The van der Waals surface area contributed by atoms with E-state index in [9.17, 15) is 4.79 Å². The summed E-state index contributed by atoms with van der Waals surface area (Å²) in [6, 6.07) is 7.66. The van der Waals surface area contributed by atoms with E-state index < -0.39 is 0 Å². The van der Waals surface area contributed by atoms with E-state index in [1.54, 1.807) is 0 Å². The fourth-order valence-corrected chi connectivity index (χ4v) is 2.51. The summed E-state index contributed by atoms with van der Waals surface area (Å²) >= 11 is 0. The Morgan fingerprint density at radius 1 is 1.30 bits per heavy atom. The van der Waals surface area contributed by atoms with Gasteiger partial charge in [-0.05, 0) is 56.0 Å². The van der Waals surface area contributed by atoms with Crippen molar-refractivity contribution in [2.45, 2.75) is 26.2 Å². The smallest absolute Gasteiger partial charge is 0.238 e. The molecule has 110 valence electrons. The summed E-state index contributed by atoms with van der Waals surface area (Å²) in [5, 5.41) is 11.8. The van der Waals surface area contributed by atoms with Crippen LogP contribution in [0.2, 0.25) is 0 Å². The summed E-state index contributed by atoms with van der Waals surface area (Å²) in [6.07, 6.45) is 3.02. The predicted molar refractivity (Wildman–Crippen MR) is 80.7 cm³/mol. The van der Waals surface area contributed by atoms with Crippen LogP contribution in [0.25, 0.3) is 0 Å². The zero-order valence-electron chi connectivity index (χ0n) is 12.1. The fraction of sp³-hybridized carbons (Fsp3) is 0.562. The van der Waals surface area contributed by atoms with Gasteiger partial charge in [-0.15, -0.1) is 0 Å². The molecular formula is C16H24N2O2. The molecule has 0 aromatic heterocycles. The molecule has 2 rings (SSSR count). The molecule has 0 aliphatic carbocycles. The molecule has 0 radical (unpaired) electrons. The maximum atomic E-state index is 12.0. The summed E-state index contributed by atoms with van der Waals surface area (Å²) in [5.74, 6) is 0.836. The number of rotatable bonds is 5. The van der Waals surface area contributed by atoms with E-state index >= 15 is 0 Å². The number of carbonyl (C=O) groups excluding carboxylic acids is 1. The van der Waals surface area contributed by atoms with Gasteiger partial charge in [0.2, 0.25) is 5.91 Å². The number of nitrogens with zero attached hydrogens (tertiary/aromatic N) is 1. The molecule has 1 fully saturated rings. The predicted octanol–water partition coefficient (Wildman–Crippen LogP) is 1.89. The molecule has 0 bridgehead atoms. The number of benzene rings is 1. The fourth-order valence-electron chi connectivity index (χ4n) is 2.51. The SMILES string of the molecule is CC1CCN(CC(=O)Nc2ccc(CCO)cc2)CC1. The van der Waals surface area contributed by atoms with Gasteiger partial charge >= 0.3 is 0 Å². The first-order chi connectivity index (χ1) is 9.67. The Bertz CT molecular complexity index is 423. The Balaban J connectivity index is 1.79. The molecule has 0 atom stereocenters. The molecule has 1 aromatic carbocycles. The summed E-state index contributed by atoms with van der Waals surface area (Å²) in [4.78, 5) is 14.2. The maximum absolute atomic E-state index is 12.0. The van der Waals surface area contributed by atoms with E-state index in [2.05, 4.69) is 17.1 Å². The monoisotopic (exact) mass is 276 g/mol. The van der Waals surface area contributed by atoms with E-state index in [1.807, 2.05) is 24.3 Å². The molecule has 1 aliphatic rings. The second-order valence-corrected chi connectivity index (χ2v) is 5.68. The second-order valence-electron chi connectivity index (χ2n) is 5.68. The molecule has 2 N–H and O–H groups in total. The van der Waals surface area contributed by atoms with Gasteiger partial charge in [-0.2, -0.15) is 0 Å². The first kappa shape index (κ1) is 15.0. The highest BCUT2D eigenvalue weighted by Gasteiger charge is 2.17. The van der Waals surface area contributed by atoms with Gasteiger partial charge in [0.05, 0.1) is 6.54 Å². The van der Waals surface area contributed by atoms with Gasteiger partial charge in [0.15, 0.2) is 0 Å². The number of nitrogens with one attached hydrogen (secondary N) is 1. The molecule has 1 aliphatic heterocycles. The molecule has 4 nitrogen and oxygen atoms in total. The Morgan fingerprint density at radius 3 is 2.55 bits per heavy atom. The number of anilines is 1. The van der Waals surface area contributed by atoms with Crippen molar-refractivity contribution >= 4 is 11.6 Å². The van der Waals surface area contributed by atoms with Crippen molar-refractivity contribution in [3.63, 3.8) is 0 Å². The normalized spacial score (nSPS) is 17.1. The number of carbonyl (C=O) groups is 1. The number of hydrogen-bond donors (Lipinski definition) is 2. The van der Waals surface area contributed by atoms with Gasteiger partial charge in [-0.3, -0.25) is 9.69 Å². The van der Waals surface area contributed by atoms with Crippen molar-refractivity contribution in [3.8, 4) is 0 Å². The Morgan fingerprint density at radius 2 is 1.95 bits per heavy atom. The molecule has 0 saturated carbocycles. The number of piperidine rings is 1. The molecule has 1 heterocycles. The number of hydrogen-bond acceptors (Lipinski definition) is 3. The van der Waals surface area contributed by atoms with Crippen LogP contribution < -0.4 is 5.32 Å². The standard InChI is InChI=1S/C16H24N2O2/c1-13-6-9-18(10-7-13)12-16(20)17-15-4-2-14(3-5-15)8-11-19/h2-5,13,19H,6-12H2,1H3,(H,17,20). The van der Waals surface area contributed by atoms with E-state index in [-0.39, 0.29) is 12.5 Å². The zero-order valence-corrected chi connectivity index (χ0v) is 12.1. The molecule has 0 spiro atoms. The molecule has 0 unspecified atom stereocenters. The van der Waals surface area contributed by atoms with Gasteiger partial charge in [0.25, 0.3) is 0 Å². The topological polar surface area (TPSA) is 52.6 Å². The summed E-state index contributed by atoms with van der Waals surface area (Å²) in [5.41, 5.74) is 1.90. The molecule has 4 heteroatoms. The largest absolute Gasteiger partial charge is 0.396 e. The lowest BCUT2D eigenvalue weighted by Gasteiger charge is -2.29. The first-order valence-corrected chi connectivity index (χ1v) is 7.39. The van der Waals surface area contributed by atoms with Crippen LogP contribution in [-0.4, -0.2) is 42.2 Å². The van der Waals surface area contributed by atoms with Crippen LogP contribution in [0.5, 0.6) is 0 Å².